The molecule has 3 heterocycles. The summed E-state index contributed by atoms with van der Waals surface area (Å²) in [7, 11) is 1.43. The van der Waals surface area contributed by atoms with Gasteiger partial charge >= 0.3 is 0 Å². The third-order valence-electron chi connectivity index (χ3n) is 5.41. The predicted octanol–water partition coefficient (Wildman–Crippen LogP) is 3.68. The number of benzene rings is 2. The van der Waals surface area contributed by atoms with Crippen LogP contribution in [0, 0.1) is 17.5 Å². The van der Waals surface area contributed by atoms with Crippen LogP contribution in [0.25, 0.3) is 10.9 Å². The van der Waals surface area contributed by atoms with Gasteiger partial charge in [0, 0.05) is 23.6 Å². The minimum atomic E-state index is -1.30. The van der Waals surface area contributed by atoms with Crippen LogP contribution < -0.4 is 14.8 Å². The van der Waals surface area contributed by atoms with Crippen LogP contribution in [0.2, 0.25) is 0 Å². The number of halogens is 4. The number of rotatable bonds is 5. The molecule has 4 atom stereocenters. The van der Waals surface area contributed by atoms with Gasteiger partial charge in [-0.2, -0.15) is 0 Å². The van der Waals surface area contributed by atoms with Crippen LogP contribution in [0.15, 0.2) is 30.6 Å². The third-order valence-corrected chi connectivity index (χ3v) is 5.41. The molecule has 0 amide bonds. The highest BCUT2D eigenvalue weighted by atomic mass is 19.2. The molecular weight excluding hydrogens is 434 g/mol. The molecule has 2 aliphatic heterocycles. The minimum absolute atomic E-state index is 0.0488. The minimum Gasteiger partial charge on any atom is -0.493 e. The molecule has 5 rings (SSSR count). The van der Waals surface area contributed by atoms with Gasteiger partial charge < -0.3 is 24.3 Å². The zero-order chi connectivity index (χ0) is 22.4. The summed E-state index contributed by atoms with van der Waals surface area (Å²) in [5.74, 6) is -2.72. The molecule has 0 bridgehead atoms. The molecule has 0 radical (unpaired) electrons. The van der Waals surface area contributed by atoms with Gasteiger partial charge in [0.2, 0.25) is 0 Å². The zero-order valence-corrected chi connectivity index (χ0v) is 16.6. The first kappa shape index (κ1) is 20.7. The molecule has 3 aromatic rings. The van der Waals surface area contributed by atoms with E-state index in [1.807, 2.05) is 0 Å². The Morgan fingerprint density at radius 2 is 1.72 bits per heavy atom. The van der Waals surface area contributed by atoms with Gasteiger partial charge in [-0.15, -0.1) is 0 Å². The number of alkyl halides is 1. The van der Waals surface area contributed by atoms with E-state index in [9.17, 15) is 17.6 Å². The summed E-state index contributed by atoms with van der Waals surface area (Å²) in [4.78, 5) is 8.26. The summed E-state index contributed by atoms with van der Waals surface area (Å²) >= 11 is 0. The van der Waals surface area contributed by atoms with Crippen molar-refractivity contribution in [3.8, 4) is 11.5 Å². The Hall–Kier alpha value is -3.18. The van der Waals surface area contributed by atoms with E-state index in [0.29, 0.717) is 34.5 Å². The third kappa shape index (κ3) is 3.56. The first-order chi connectivity index (χ1) is 15.4. The molecule has 11 heteroatoms. The largest absolute Gasteiger partial charge is 0.493 e. The van der Waals surface area contributed by atoms with Crippen LogP contribution in [0.4, 0.5) is 29.1 Å². The Morgan fingerprint density at radius 3 is 2.53 bits per heavy atom. The van der Waals surface area contributed by atoms with E-state index in [0.717, 1.165) is 0 Å². The van der Waals surface area contributed by atoms with Crippen molar-refractivity contribution in [2.45, 2.75) is 24.5 Å². The van der Waals surface area contributed by atoms with E-state index in [2.05, 4.69) is 15.3 Å². The van der Waals surface area contributed by atoms with Gasteiger partial charge in [-0.3, -0.25) is 0 Å². The lowest BCUT2D eigenvalue weighted by Gasteiger charge is -2.20. The van der Waals surface area contributed by atoms with Crippen molar-refractivity contribution < 1.29 is 36.5 Å². The van der Waals surface area contributed by atoms with Crippen LogP contribution in [0.3, 0.4) is 0 Å². The monoisotopic (exact) mass is 451 g/mol. The molecule has 168 valence electrons. The lowest BCUT2D eigenvalue weighted by molar-refractivity contribution is 0.0271. The van der Waals surface area contributed by atoms with E-state index in [1.165, 1.54) is 13.4 Å². The number of methoxy groups -OCH3 is 1. The Morgan fingerprint density at radius 1 is 0.938 bits per heavy atom. The van der Waals surface area contributed by atoms with E-state index in [-0.39, 0.29) is 24.7 Å². The molecule has 2 aliphatic rings. The van der Waals surface area contributed by atoms with Crippen molar-refractivity contribution in [2.24, 2.45) is 0 Å². The van der Waals surface area contributed by atoms with Gasteiger partial charge in [-0.25, -0.2) is 27.5 Å². The molecule has 2 unspecified atom stereocenters. The lowest BCUT2D eigenvalue weighted by atomic mass is 10.1. The molecule has 0 saturated carbocycles. The van der Waals surface area contributed by atoms with Gasteiger partial charge in [0.25, 0.3) is 0 Å². The van der Waals surface area contributed by atoms with Gasteiger partial charge in [0.05, 0.1) is 31.5 Å². The number of ether oxygens (including phenoxy) is 4. The highest BCUT2D eigenvalue weighted by molar-refractivity contribution is 5.93. The fourth-order valence-electron chi connectivity index (χ4n) is 3.84. The summed E-state index contributed by atoms with van der Waals surface area (Å²) in [6, 6.07) is 4.28. The van der Waals surface area contributed by atoms with Crippen LogP contribution in [0.1, 0.15) is 0 Å². The molecule has 7 nitrogen and oxygen atoms in total. The fraction of sp³-hybridized carbons (Fsp3) is 0.333. The average Bonchev–Trinajstić information content (AvgIpc) is 3.35. The van der Waals surface area contributed by atoms with Crippen molar-refractivity contribution in [3.05, 3.63) is 48.0 Å². The average molecular weight is 451 g/mol. The van der Waals surface area contributed by atoms with Crippen molar-refractivity contribution in [1.29, 1.82) is 0 Å². The van der Waals surface area contributed by atoms with Crippen molar-refractivity contribution >= 4 is 22.4 Å². The topological polar surface area (TPSA) is 74.7 Å². The molecule has 2 aromatic carbocycles. The van der Waals surface area contributed by atoms with Gasteiger partial charge in [-0.05, 0) is 6.07 Å². The molecule has 1 aromatic heterocycles. The first-order valence-electron chi connectivity index (χ1n) is 9.73. The number of fused-ring (bicyclic) bond motifs is 2. The van der Waals surface area contributed by atoms with Crippen molar-refractivity contribution in [3.63, 3.8) is 0 Å². The Bertz CT molecular complexity index is 1180. The molecule has 1 N–H and O–H groups in total. The second-order valence-corrected chi connectivity index (χ2v) is 7.38. The maximum absolute atomic E-state index is 14.1. The molecule has 32 heavy (non-hydrogen) atoms. The Kier molecular flexibility index (Phi) is 5.22. The highest BCUT2D eigenvalue weighted by Crippen LogP contribution is 2.38. The number of nitrogens with one attached hydrogen (secondary N) is 1. The van der Waals surface area contributed by atoms with E-state index < -0.39 is 41.9 Å². The molecule has 2 fully saturated rings. The maximum Gasteiger partial charge on any atom is 0.164 e. The summed E-state index contributed by atoms with van der Waals surface area (Å²) in [6.45, 7) is 0.107. The lowest BCUT2D eigenvalue weighted by Crippen LogP contribution is -2.33. The van der Waals surface area contributed by atoms with Crippen molar-refractivity contribution in [2.75, 3.05) is 25.6 Å². The number of aromatic nitrogens is 2. The summed E-state index contributed by atoms with van der Waals surface area (Å²) in [5, 5.41) is 3.07. The second kappa shape index (κ2) is 8.06. The number of anilines is 2. The van der Waals surface area contributed by atoms with Crippen LogP contribution in [-0.2, 0) is 9.47 Å². The number of hydrogen-bond acceptors (Lipinski definition) is 7. The fourth-order valence-corrected chi connectivity index (χ4v) is 3.84. The van der Waals surface area contributed by atoms with E-state index in [4.69, 9.17) is 18.9 Å². The standard InChI is InChI=1S/C21H17F4N3O4/c1-29-16-2-9-14(5-17(16)32-18-7-31-19-13(25)6-30-20(18)19)26-8-27-21(9)28-15-4-11(23)10(22)3-12(15)24/h2-5,8,13,18-20H,6-7H2,1H3,(H,26,27,28)/t13?,18?,19-,20-/m0/s1. The van der Waals surface area contributed by atoms with Gasteiger partial charge in [0.15, 0.2) is 35.4 Å². The maximum atomic E-state index is 14.1. The normalized spacial score (nSPS) is 24.5. The van der Waals surface area contributed by atoms with Crippen LogP contribution in [-0.4, -0.2) is 54.8 Å². The molecule has 0 spiro atoms. The van der Waals surface area contributed by atoms with E-state index in [1.54, 1.807) is 12.1 Å². The summed E-state index contributed by atoms with van der Waals surface area (Å²) in [5.41, 5.74) is 0.115. The quantitative estimate of drug-likeness (QED) is 0.469. The molecular formula is C21H17F4N3O4. The van der Waals surface area contributed by atoms with Crippen molar-refractivity contribution in [1.82, 2.24) is 9.97 Å². The Labute approximate surface area is 179 Å². The van der Waals surface area contributed by atoms with Crippen LogP contribution in [0.5, 0.6) is 11.5 Å². The predicted molar refractivity (Wildman–Crippen MR) is 104 cm³/mol. The smallest absolute Gasteiger partial charge is 0.164 e. The first-order valence-corrected chi connectivity index (χ1v) is 9.73. The van der Waals surface area contributed by atoms with Gasteiger partial charge in [-0.1, -0.05) is 0 Å². The molecule has 2 saturated heterocycles. The highest BCUT2D eigenvalue weighted by Gasteiger charge is 2.49. The Balaban J connectivity index is 1.47. The van der Waals surface area contributed by atoms with E-state index >= 15 is 0 Å². The van der Waals surface area contributed by atoms with Gasteiger partial charge in [0.1, 0.15) is 30.2 Å². The molecule has 0 aliphatic carbocycles. The zero-order valence-electron chi connectivity index (χ0n) is 16.6. The summed E-state index contributed by atoms with van der Waals surface area (Å²) in [6.07, 6.45) is -1.73. The second-order valence-electron chi connectivity index (χ2n) is 7.38. The number of hydrogen-bond donors (Lipinski definition) is 1. The van der Waals surface area contributed by atoms with Crippen LogP contribution >= 0.6 is 0 Å². The number of nitrogens with zero attached hydrogens (tertiary/aromatic N) is 2. The summed E-state index contributed by atoms with van der Waals surface area (Å²) < 4.78 is 77.0. The SMILES string of the molecule is COc1cc2c(Nc3cc(F)c(F)cc3F)ncnc2cc1OC1CO[C@H]2C(F)CO[C@@H]12.